The normalized spacial score (nSPS) is 16.9. The van der Waals surface area contributed by atoms with Gasteiger partial charge in [0.05, 0.1) is 34.8 Å². The largest absolute Gasteiger partial charge is 0.489 e. The fraction of sp³-hybridized carbons (Fsp3) is 0.233. The minimum absolute atomic E-state index is 0.233. The highest BCUT2D eigenvalue weighted by molar-refractivity contribution is 6.42. The highest BCUT2D eigenvalue weighted by Crippen LogP contribution is 2.40. The first kappa shape index (κ1) is 36.8. The predicted molar refractivity (Wildman–Crippen MR) is 206 cm³/mol. The number of carbonyl (C=O) groups is 2. The molecule has 54 heavy (non-hydrogen) atoms. The number of halogens is 2. The van der Waals surface area contributed by atoms with Crippen molar-refractivity contribution < 1.29 is 28.5 Å². The number of hydrogen-bond acceptors (Lipinski definition) is 8. The fourth-order valence-electron chi connectivity index (χ4n) is 6.72. The lowest BCUT2D eigenvalue weighted by molar-refractivity contribution is -0.150. The number of esters is 1. The molecule has 0 radical (unpaired) electrons. The van der Waals surface area contributed by atoms with Crippen molar-refractivity contribution in [2.24, 2.45) is 0 Å². The van der Waals surface area contributed by atoms with Gasteiger partial charge in [0.2, 0.25) is 5.91 Å². The summed E-state index contributed by atoms with van der Waals surface area (Å²) < 4.78 is 23.6. The first-order valence-electron chi connectivity index (χ1n) is 17.5. The second-order valence-corrected chi connectivity index (χ2v) is 14.4. The summed E-state index contributed by atoms with van der Waals surface area (Å²) in [6.07, 6.45) is 0.330. The molecule has 0 bridgehead atoms. The van der Waals surface area contributed by atoms with Crippen LogP contribution in [-0.2, 0) is 40.3 Å². The molecule has 0 spiro atoms. The molecule has 2 N–H and O–H groups in total. The Morgan fingerprint density at radius 2 is 1.57 bits per heavy atom. The summed E-state index contributed by atoms with van der Waals surface area (Å²) in [5, 5.41) is 16.4. The average Bonchev–Trinajstić information content (AvgIpc) is 3.20. The van der Waals surface area contributed by atoms with E-state index in [4.69, 9.17) is 47.4 Å². The number of hydrogen-bond donors (Lipinski definition) is 2. The molecule has 274 valence electrons. The Bertz CT molecular complexity index is 2220. The molecule has 0 saturated heterocycles. The van der Waals surface area contributed by atoms with Crippen molar-refractivity contribution in [3.8, 4) is 34.4 Å². The number of carbonyl (C=O) groups excluding carboxylic acids is 2. The number of benzene rings is 5. The van der Waals surface area contributed by atoms with Crippen LogP contribution in [0.15, 0.2) is 103 Å². The van der Waals surface area contributed by atoms with E-state index in [9.17, 15) is 9.59 Å². The number of nitrogens with one attached hydrogen (secondary N) is 2. The maximum absolute atomic E-state index is 13.7. The van der Waals surface area contributed by atoms with Crippen molar-refractivity contribution >= 4 is 35.1 Å². The molecule has 2 aliphatic rings. The Morgan fingerprint density at radius 1 is 0.889 bits per heavy atom. The molecule has 3 unspecified atom stereocenters. The predicted octanol–water partition coefficient (Wildman–Crippen LogP) is 7.93. The van der Waals surface area contributed by atoms with Crippen LogP contribution in [0.2, 0.25) is 10.0 Å². The van der Waals surface area contributed by atoms with Crippen molar-refractivity contribution in [3.05, 3.63) is 147 Å². The third-order valence-electron chi connectivity index (χ3n) is 9.74. The lowest BCUT2D eigenvalue weighted by atomic mass is 9.90. The first-order chi connectivity index (χ1) is 26.1. The van der Waals surface area contributed by atoms with Crippen LogP contribution >= 0.6 is 23.2 Å². The van der Waals surface area contributed by atoms with Crippen molar-refractivity contribution in [1.82, 2.24) is 10.6 Å². The summed E-state index contributed by atoms with van der Waals surface area (Å²) in [6, 6.07) is 33.7. The van der Waals surface area contributed by atoms with Gasteiger partial charge < -0.3 is 29.6 Å². The summed E-state index contributed by atoms with van der Waals surface area (Å²) in [6.45, 7) is 2.79. The smallest absolute Gasteiger partial charge is 0.331 e. The number of fused-ring (bicyclic) bond motifs is 2. The average molecular weight is 763 g/mol. The summed E-state index contributed by atoms with van der Waals surface area (Å²) in [7, 11) is 1.32. The van der Waals surface area contributed by atoms with Gasteiger partial charge in [0.15, 0.2) is 17.6 Å². The highest BCUT2D eigenvalue weighted by Gasteiger charge is 2.39. The van der Waals surface area contributed by atoms with Gasteiger partial charge in [-0.25, -0.2) is 4.79 Å². The zero-order chi connectivity index (χ0) is 37.8. The van der Waals surface area contributed by atoms with Crippen LogP contribution in [0.1, 0.15) is 46.4 Å². The second kappa shape index (κ2) is 15.8. The van der Waals surface area contributed by atoms with E-state index in [0.29, 0.717) is 59.0 Å². The van der Waals surface area contributed by atoms with Crippen molar-refractivity contribution in [3.63, 3.8) is 0 Å². The number of rotatable bonds is 10. The molecule has 11 heteroatoms. The molecule has 0 saturated carbocycles. The Balaban J connectivity index is 0.968. The topological polar surface area (TPSA) is 119 Å². The van der Waals surface area contributed by atoms with Gasteiger partial charge in [-0.15, -0.1) is 0 Å². The summed E-state index contributed by atoms with van der Waals surface area (Å²) >= 11 is 12.1. The zero-order valence-electron chi connectivity index (χ0n) is 29.7. The molecule has 0 aliphatic carbocycles. The van der Waals surface area contributed by atoms with E-state index < -0.39 is 17.6 Å². The Morgan fingerprint density at radius 3 is 2.26 bits per heavy atom. The van der Waals surface area contributed by atoms with Crippen LogP contribution in [0.5, 0.6) is 17.2 Å². The number of nitriles is 1. The maximum atomic E-state index is 13.7. The highest BCUT2D eigenvalue weighted by atomic mass is 35.5. The second-order valence-electron chi connectivity index (χ2n) is 13.6. The van der Waals surface area contributed by atoms with Crippen molar-refractivity contribution in [2.45, 2.75) is 50.6 Å². The van der Waals surface area contributed by atoms with Gasteiger partial charge in [0, 0.05) is 13.0 Å². The van der Waals surface area contributed by atoms with Crippen LogP contribution < -0.4 is 24.8 Å². The monoisotopic (exact) mass is 761 g/mol. The SMILES string of the molecule is COC(=O)C(C)(Cc1ccc(-c2ccc(C#N)cc2)cc1)NC(=O)C1Cc2cc3c(cc2CN1)OC(c1ccc(OCc2ccc(Cl)c(Cl)c2)cc1)CO3. The standard InChI is InChI=1S/C43H37Cl2N3O6/c1-43(42(50)51-2,21-26-3-8-29(9-4-26)30-10-5-27(22-46)6-11-30)48-41(49)37-18-32-19-38-39(20-33(32)23-47-37)54-40(25-53-38)31-12-14-34(15-13-31)52-24-28-7-16-35(44)36(45)17-28/h3-17,19-20,37,40,47H,18,21,23-25H2,1-2H3,(H,48,49). The van der Waals surface area contributed by atoms with Crippen LogP contribution in [-0.4, -0.2) is 37.2 Å². The minimum atomic E-state index is -1.30. The van der Waals surface area contributed by atoms with E-state index in [1.807, 2.05) is 78.9 Å². The lowest BCUT2D eigenvalue weighted by Gasteiger charge is -2.33. The molecule has 7 rings (SSSR count). The molecule has 2 aliphatic heterocycles. The third kappa shape index (κ3) is 8.17. The molecular formula is C43H37Cl2N3O6. The van der Waals surface area contributed by atoms with Crippen LogP contribution in [0.25, 0.3) is 11.1 Å². The molecule has 0 fully saturated rings. The Hall–Kier alpha value is -5.53. The zero-order valence-corrected chi connectivity index (χ0v) is 31.2. The number of amides is 1. The lowest BCUT2D eigenvalue weighted by Crippen LogP contribution is -2.59. The van der Waals surface area contributed by atoms with E-state index in [2.05, 4.69) is 16.7 Å². The molecule has 1 amide bonds. The maximum Gasteiger partial charge on any atom is 0.331 e. The van der Waals surface area contributed by atoms with Gasteiger partial charge in [-0.05, 0) is 101 Å². The fourth-order valence-corrected chi connectivity index (χ4v) is 7.04. The number of nitrogens with zero attached hydrogens (tertiary/aromatic N) is 1. The van der Waals surface area contributed by atoms with Gasteiger partial charge in [-0.3, -0.25) is 4.79 Å². The molecule has 0 aromatic heterocycles. The van der Waals surface area contributed by atoms with E-state index in [-0.39, 0.29) is 18.4 Å². The summed E-state index contributed by atoms with van der Waals surface area (Å²) in [5.41, 5.74) is 5.93. The number of methoxy groups -OCH3 is 1. The first-order valence-corrected chi connectivity index (χ1v) is 18.2. The number of ether oxygens (including phenoxy) is 4. The van der Waals surface area contributed by atoms with Crippen LogP contribution in [0.3, 0.4) is 0 Å². The Labute approximate surface area is 323 Å². The molecule has 3 atom stereocenters. The summed E-state index contributed by atoms with van der Waals surface area (Å²) in [5.74, 6) is 1.13. The molecule has 9 nitrogen and oxygen atoms in total. The Kier molecular flexibility index (Phi) is 10.8. The van der Waals surface area contributed by atoms with Gasteiger partial charge in [-0.1, -0.05) is 77.8 Å². The molecule has 5 aromatic rings. The molecule has 5 aromatic carbocycles. The molecular weight excluding hydrogens is 725 g/mol. The van der Waals surface area contributed by atoms with Crippen molar-refractivity contribution in [2.75, 3.05) is 13.7 Å². The van der Waals surface area contributed by atoms with E-state index >= 15 is 0 Å². The van der Waals surface area contributed by atoms with Gasteiger partial charge in [0.25, 0.3) is 0 Å². The minimum Gasteiger partial charge on any atom is -0.489 e. The third-order valence-corrected chi connectivity index (χ3v) is 10.5. The van der Waals surface area contributed by atoms with E-state index in [0.717, 1.165) is 38.9 Å². The van der Waals surface area contributed by atoms with Crippen LogP contribution in [0, 0.1) is 11.3 Å². The van der Waals surface area contributed by atoms with Gasteiger partial charge >= 0.3 is 5.97 Å². The quantitative estimate of drug-likeness (QED) is 0.138. The molecule has 2 heterocycles. The van der Waals surface area contributed by atoms with Crippen LogP contribution in [0.4, 0.5) is 0 Å². The van der Waals surface area contributed by atoms with Gasteiger partial charge in [0.1, 0.15) is 24.5 Å². The van der Waals surface area contributed by atoms with Gasteiger partial charge in [-0.2, -0.15) is 5.26 Å². The van der Waals surface area contributed by atoms with E-state index in [1.54, 1.807) is 31.2 Å². The van der Waals surface area contributed by atoms with E-state index in [1.165, 1.54) is 7.11 Å². The van der Waals surface area contributed by atoms with Crippen molar-refractivity contribution in [1.29, 1.82) is 5.26 Å². The summed E-state index contributed by atoms with van der Waals surface area (Å²) in [4.78, 5) is 26.8.